The molecule has 0 atom stereocenters. The fraction of sp³-hybridized carbons (Fsp3) is 0.360. The van der Waals surface area contributed by atoms with E-state index in [9.17, 15) is 4.79 Å². The number of hydrogen-bond donors (Lipinski definition) is 0. The van der Waals surface area contributed by atoms with Crippen molar-refractivity contribution >= 4 is 17.5 Å². The first-order valence-corrected chi connectivity index (χ1v) is 11.2. The molecule has 2 aromatic carbocycles. The minimum absolute atomic E-state index is 0.0687. The van der Waals surface area contributed by atoms with E-state index in [4.69, 9.17) is 26.2 Å². The van der Waals surface area contributed by atoms with Gasteiger partial charge in [0.1, 0.15) is 0 Å². The molecule has 168 valence electrons. The summed E-state index contributed by atoms with van der Waals surface area (Å²) in [6, 6.07) is 15.2. The summed E-state index contributed by atoms with van der Waals surface area (Å²) in [4.78, 5) is 14.9. The maximum Gasteiger partial charge on any atom is 0.228 e. The number of carbonyl (C=O) groups excluding carboxylic acids is 1. The van der Waals surface area contributed by atoms with E-state index >= 15 is 0 Å². The number of benzene rings is 2. The van der Waals surface area contributed by atoms with Crippen molar-refractivity contribution in [2.24, 2.45) is 5.92 Å². The smallest absolute Gasteiger partial charge is 0.228 e. The van der Waals surface area contributed by atoms with Gasteiger partial charge in [0.05, 0.1) is 30.6 Å². The van der Waals surface area contributed by atoms with E-state index in [1.54, 1.807) is 11.8 Å². The Morgan fingerprint density at radius 3 is 2.41 bits per heavy atom. The Morgan fingerprint density at radius 2 is 1.81 bits per heavy atom. The fourth-order valence-electron chi connectivity index (χ4n) is 3.66. The van der Waals surface area contributed by atoms with Crippen molar-refractivity contribution < 1.29 is 14.3 Å². The predicted octanol–water partition coefficient (Wildman–Crippen LogP) is 5.78. The molecule has 0 unspecified atom stereocenters. The number of halogens is 1. The van der Waals surface area contributed by atoms with Crippen LogP contribution in [-0.2, 0) is 11.3 Å². The van der Waals surface area contributed by atoms with Gasteiger partial charge in [0.2, 0.25) is 11.8 Å². The summed E-state index contributed by atoms with van der Waals surface area (Å²) >= 11 is 6.10. The lowest BCUT2D eigenvalue weighted by atomic mass is 10.1. The monoisotopic (exact) mass is 453 g/mol. The summed E-state index contributed by atoms with van der Waals surface area (Å²) in [7, 11) is 1.61. The Bertz CT molecular complexity index is 1100. The number of rotatable bonds is 8. The van der Waals surface area contributed by atoms with Gasteiger partial charge in [0.25, 0.3) is 0 Å². The number of carbonyl (C=O) groups is 1. The van der Waals surface area contributed by atoms with Gasteiger partial charge in [-0.05, 0) is 56.2 Å². The largest absolute Gasteiger partial charge is 0.493 e. The van der Waals surface area contributed by atoms with Gasteiger partial charge in [-0.25, -0.2) is 4.68 Å². The molecule has 0 radical (unpaired) electrons. The van der Waals surface area contributed by atoms with E-state index in [1.807, 2.05) is 74.2 Å². The summed E-state index contributed by atoms with van der Waals surface area (Å²) in [6.45, 7) is 6.27. The SMILES string of the molecule is COc1ccccc1Oc1c(CN(C(=O)C(C)C)C2CC2)c(C)nn1-c1ccc(Cl)cc1. The molecule has 1 amide bonds. The van der Waals surface area contributed by atoms with Crippen molar-refractivity contribution in [1.82, 2.24) is 14.7 Å². The number of methoxy groups -OCH3 is 1. The van der Waals surface area contributed by atoms with E-state index < -0.39 is 0 Å². The zero-order valence-electron chi connectivity index (χ0n) is 18.8. The zero-order valence-corrected chi connectivity index (χ0v) is 19.6. The second-order valence-corrected chi connectivity index (χ2v) is 8.80. The van der Waals surface area contributed by atoms with E-state index in [2.05, 4.69) is 0 Å². The van der Waals surface area contributed by atoms with Crippen molar-refractivity contribution in [1.29, 1.82) is 0 Å². The lowest BCUT2D eigenvalue weighted by molar-refractivity contribution is -0.135. The molecule has 0 spiro atoms. The Hall–Kier alpha value is -2.99. The van der Waals surface area contributed by atoms with Crippen LogP contribution < -0.4 is 9.47 Å². The molecular formula is C25H28ClN3O3. The van der Waals surface area contributed by atoms with Crippen LogP contribution in [0, 0.1) is 12.8 Å². The molecule has 0 saturated heterocycles. The van der Waals surface area contributed by atoms with Gasteiger partial charge >= 0.3 is 0 Å². The number of nitrogens with zero attached hydrogens (tertiary/aromatic N) is 3. The van der Waals surface area contributed by atoms with Gasteiger partial charge in [-0.15, -0.1) is 0 Å². The van der Waals surface area contributed by atoms with Gasteiger partial charge < -0.3 is 14.4 Å². The summed E-state index contributed by atoms with van der Waals surface area (Å²) in [5.74, 6) is 1.85. The third-order valence-corrected chi connectivity index (χ3v) is 5.83. The first-order chi connectivity index (χ1) is 15.4. The molecule has 32 heavy (non-hydrogen) atoms. The van der Waals surface area contributed by atoms with Crippen molar-refractivity contribution in [2.45, 2.75) is 46.2 Å². The van der Waals surface area contributed by atoms with Crippen LogP contribution >= 0.6 is 11.6 Å². The molecule has 1 aliphatic carbocycles. The molecule has 1 aliphatic rings. The molecule has 6 nitrogen and oxygen atoms in total. The standard InChI is InChI=1S/C25H28ClN3O3/c1-16(2)24(30)28(19-13-14-19)15-21-17(3)27-29(20-11-9-18(26)10-12-20)25(21)32-23-8-6-5-7-22(23)31-4/h5-12,16,19H,13-15H2,1-4H3. The predicted molar refractivity (Wildman–Crippen MR) is 125 cm³/mol. The quantitative estimate of drug-likeness (QED) is 0.433. The maximum absolute atomic E-state index is 12.9. The average Bonchev–Trinajstić information content (AvgIpc) is 3.58. The molecule has 0 bridgehead atoms. The third-order valence-electron chi connectivity index (χ3n) is 5.58. The van der Waals surface area contributed by atoms with Crippen LogP contribution in [0.15, 0.2) is 48.5 Å². The number of amides is 1. The molecular weight excluding hydrogens is 426 g/mol. The molecule has 1 aromatic heterocycles. The molecule has 0 N–H and O–H groups in total. The number of aromatic nitrogens is 2. The number of para-hydroxylation sites is 2. The van der Waals surface area contributed by atoms with Crippen molar-refractivity contribution in [3.05, 3.63) is 64.8 Å². The Balaban J connectivity index is 1.80. The minimum Gasteiger partial charge on any atom is -0.493 e. The van der Waals surface area contributed by atoms with Crippen LogP contribution in [-0.4, -0.2) is 33.7 Å². The highest BCUT2D eigenvalue weighted by Crippen LogP contribution is 2.38. The number of hydrogen-bond acceptors (Lipinski definition) is 4. The lowest BCUT2D eigenvalue weighted by Gasteiger charge is -2.25. The molecule has 1 fully saturated rings. The van der Waals surface area contributed by atoms with Gasteiger partial charge in [-0.2, -0.15) is 5.10 Å². The zero-order chi connectivity index (χ0) is 22.8. The Kier molecular flexibility index (Phi) is 6.42. The molecule has 1 saturated carbocycles. The van der Waals surface area contributed by atoms with E-state index in [-0.39, 0.29) is 17.9 Å². The second kappa shape index (κ2) is 9.25. The number of ether oxygens (including phenoxy) is 2. The highest BCUT2D eigenvalue weighted by molar-refractivity contribution is 6.30. The molecule has 0 aliphatic heterocycles. The van der Waals surface area contributed by atoms with Crippen LogP contribution in [0.1, 0.15) is 37.9 Å². The maximum atomic E-state index is 12.9. The normalized spacial score (nSPS) is 13.3. The molecule has 4 rings (SSSR count). The summed E-state index contributed by atoms with van der Waals surface area (Å²) in [5.41, 5.74) is 2.51. The Morgan fingerprint density at radius 1 is 1.16 bits per heavy atom. The van der Waals surface area contributed by atoms with E-state index in [0.717, 1.165) is 29.8 Å². The second-order valence-electron chi connectivity index (χ2n) is 8.36. The van der Waals surface area contributed by atoms with Crippen LogP contribution in [0.2, 0.25) is 5.02 Å². The average molecular weight is 454 g/mol. The lowest BCUT2D eigenvalue weighted by Crippen LogP contribution is -2.35. The first kappa shape index (κ1) is 22.2. The van der Waals surface area contributed by atoms with Crippen LogP contribution in [0.4, 0.5) is 0 Å². The third kappa shape index (κ3) is 4.60. The summed E-state index contributed by atoms with van der Waals surface area (Å²) in [6.07, 6.45) is 2.07. The van der Waals surface area contributed by atoms with Crippen molar-refractivity contribution in [2.75, 3.05) is 7.11 Å². The fourth-order valence-corrected chi connectivity index (χ4v) is 3.79. The summed E-state index contributed by atoms with van der Waals surface area (Å²) in [5, 5.41) is 5.41. The van der Waals surface area contributed by atoms with Crippen LogP contribution in [0.5, 0.6) is 17.4 Å². The Labute approximate surface area is 193 Å². The summed E-state index contributed by atoms with van der Waals surface area (Å²) < 4.78 is 13.7. The minimum atomic E-state index is -0.0687. The highest BCUT2D eigenvalue weighted by atomic mass is 35.5. The van der Waals surface area contributed by atoms with E-state index in [0.29, 0.717) is 28.9 Å². The molecule has 3 aromatic rings. The highest BCUT2D eigenvalue weighted by Gasteiger charge is 2.35. The first-order valence-electron chi connectivity index (χ1n) is 10.8. The van der Waals surface area contributed by atoms with Gasteiger partial charge in [-0.1, -0.05) is 37.6 Å². The van der Waals surface area contributed by atoms with Crippen molar-refractivity contribution in [3.8, 4) is 23.1 Å². The van der Waals surface area contributed by atoms with Gasteiger partial charge in [0, 0.05) is 17.0 Å². The topological polar surface area (TPSA) is 56.6 Å². The van der Waals surface area contributed by atoms with Gasteiger partial charge in [-0.3, -0.25) is 4.79 Å². The molecule has 7 heteroatoms. The van der Waals surface area contributed by atoms with E-state index in [1.165, 1.54) is 0 Å². The van der Waals surface area contributed by atoms with Gasteiger partial charge in [0.15, 0.2) is 11.5 Å². The molecule has 1 heterocycles. The van der Waals surface area contributed by atoms with Crippen molar-refractivity contribution in [3.63, 3.8) is 0 Å². The number of aryl methyl sites for hydroxylation is 1. The van der Waals surface area contributed by atoms with Crippen LogP contribution in [0.3, 0.4) is 0 Å². The van der Waals surface area contributed by atoms with Crippen LogP contribution in [0.25, 0.3) is 5.69 Å².